The van der Waals surface area contributed by atoms with E-state index in [9.17, 15) is 19.1 Å². The number of hydrogen-bond acceptors (Lipinski definition) is 8. The van der Waals surface area contributed by atoms with Crippen LogP contribution in [-0.4, -0.2) is 51.7 Å². The normalized spacial score (nSPS) is 29.8. The molecule has 0 bridgehead atoms. The fourth-order valence-electron chi connectivity index (χ4n) is 2.43. The van der Waals surface area contributed by atoms with Crippen molar-refractivity contribution in [2.24, 2.45) is 11.7 Å². The molecule has 1 fully saturated rings. The fraction of sp³-hybridized carbons (Fsp3) is 0.643. The van der Waals surface area contributed by atoms with Crippen LogP contribution in [0.4, 0.5) is 10.2 Å². The van der Waals surface area contributed by atoms with E-state index in [1.807, 2.05) is 0 Å². The molecule has 10 heteroatoms. The van der Waals surface area contributed by atoms with Gasteiger partial charge in [0.15, 0.2) is 18.5 Å². The molecule has 9 nitrogen and oxygen atoms in total. The molecule has 134 valence electrons. The Kier molecular flexibility index (Phi) is 5.21. The van der Waals surface area contributed by atoms with Crippen molar-refractivity contribution in [1.82, 2.24) is 9.55 Å². The average molecular weight is 344 g/mol. The molecular weight excluding hydrogens is 323 g/mol. The number of anilines is 1. The second-order valence-electron chi connectivity index (χ2n) is 5.93. The summed E-state index contributed by atoms with van der Waals surface area (Å²) in [5.74, 6) is -1.20. The molecule has 1 aromatic heterocycles. The van der Waals surface area contributed by atoms with Gasteiger partial charge in [0.2, 0.25) is 0 Å². The predicted molar refractivity (Wildman–Crippen MR) is 81.5 cm³/mol. The number of aromatic nitrogens is 2. The average Bonchev–Trinajstić information content (AvgIpc) is 2.81. The van der Waals surface area contributed by atoms with E-state index in [4.69, 9.17) is 20.9 Å². The van der Waals surface area contributed by atoms with Gasteiger partial charge in [-0.05, 0) is 6.07 Å². The van der Waals surface area contributed by atoms with Crippen molar-refractivity contribution in [3.8, 4) is 0 Å². The maximum absolute atomic E-state index is 14.9. The van der Waals surface area contributed by atoms with Gasteiger partial charge in [0.1, 0.15) is 11.4 Å². The molecule has 4 atom stereocenters. The number of aliphatic hydroxyl groups is 1. The molecule has 24 heavy (non-hydrogen) atoms. The molecule has 5 N–H and O–H groups in total. The predicted octanol–water partition coefficient (Wildman–Crippen LogP) is -1.05. The molecule has 0 spiro atoms. The zero-order valence-corrected chi connectivity index (χ0v) is 13.4. The molecule has 0 radical (unpaired) electrons. The minimum atomic E-state index is -1.92. The third kappa shape index (κ3) is 3.12. The number of esters is 1. The van der Waals surface area contributed by atoms with Crippen LogP contribution < -0.4 is 17.2 Å². The third-order valence-corrected chi connectivity index (χ3v) is 3.89. The Hall–Kier alpha value is -2.04. The maximum Gasteiger partial charge on any atom is 0.351 e. The van der Waals surface area contributed by atoms with Crippen LogP contribution in [0.25, 0.3) is 0 Å². The van der Waals surface area contributed by atoms with Crippen LogP contribution >= 0.6 is 0 Å². The van der Waals surface area contributed by atoms with E-state index in [1.165, 1.54) is 12.3 Å². The van der Waals surface area contributed by atoms with Crippen molar-refractivity contribution in [3.63, 3.8) is 0 Å². The summed E-state index contributed by atoms with van der Waals surface area (Å²) in [6.45, 7) is 2.17. The number of rotatable bonds is 5. The van der Waals surface area contributed by atoms with Gasteiger partial charge in [0.25, 0.3) is 0 Å². The molecule has 2 rings (SSSR count). The largest absolute Gasteiger partial charge is 0.456 e. The number of nitrogen functional groups attached to an aromatic ring is 1. The summed E-state index contributed by atoms with van der Waals surface area (Å²) in [5, 5.41) is 9.65. The SMILES string of the molecule is CC(C)C(=O)O[C@H]1[C@@H](F)[C@H](n2ccc(N)nc2=O)O[C@]1(CN)CO. The minimum Gasteiger partial charge on any atom is -0.456 e. The van der Waals surface area contributed by atoms with Gasteiger partial charge in [-0.25, -0.2) is 9.18 Å². The summed E-state index contributed by atoms with van der Waals surface area (Å²) in [7, 11) is 0. The number of halogens is 1. The van der Waals surface area contributed by atoms with Crippen LogP contribution in [0.1, 0.15) is 20.1 Å². The van der Waals surface area contributed by atoms with E-state index >= 15 is 0 Å². The lowest BCUT2D eigenvalue weighted by molar-refractivity contribution is -0.170. The van der Waals surface area contributed by atoms with E-state index in [0.29, 0.717) is 0 Å². The summed E-state index contributed by atoms with van der Waals surface area (Å²) in [6, 6.07) is 1.30. The molecule has 0 aliphatic carbocycles. The van der Waals surface area contributed by atoms with Crippen molar-refractivity contribution >= 4 is 11.8 Å². The summed E-state index contributed by atoms with van der Waals surface area (Å²) in [4.78, 5) is 27.3. The number of aliphatic hydroxyl groups excluding tert-OH is 1. The van der Waals surface area contributed by atoms with Crippen molar-refractivity contribution in [2.75, 3.05) is 18.9 Å². The number of alkyl halides is 1. The number of nitrogens with zero attached hydrogens (tertiary/aromatic N) is 2. The first kappa shape index (κ1) is 18.3. The zero-order chi connectivity index (χ0) is 18.1. The Balaban J connectivity index is 2.40. The number of carbonyl (C=O) groups excluding carboxylic acids is 1. The maximum atomic E-state index is 14.9. The summed E-state index contributed by atoms with van der Waals surface area (Å²) in [5.41, 5.74) is 8.54. The van der Waals surface area contributed by atoms with Gasteiger partial charge in [0.05, 0.1) is 12.5 Å². The van der Waals surface area contributed by atoms with Crippen LogP contribution in [0.2, 0.25) is 0 Å². The topological polar surface area (TPSA) is 143 Å². The van der Waals surface area contributed by atoms with E-state index in [0.717, 1.165) is 4.57 Å². The molecule has 0 saturated carbocycles. The lowest BCUT2D eigenvalue weighted by Crippen LogP contribution is -2.53. The fourth-order valence-corrected chi connectivity index (χ4v) is 2.43. The number of nitrogens with two attached hydrogens (primary N) is 2. The summed E-state index contributed by atoms with van der Waals surface area (Å²) < 4.78 is 26.5. The first-order valence-electron chi connectivity index (χ1n) is 7.43. The Morgan fingerprint density at radius 1 is 1.62 bits per heavy atom. The molecule has 0 unspecified atom stereocenters. The Morgan fingerprint density at radius 3 is 2.79 bits per heavy atom. The monoisotopic (exact) mass is 344 g/mol. The van der Waals surface area contributed by atoms with Crippen LogP contribution in [0.5, 0.6) is 0 Å². The van der Waals surface area contributed by atoms with Gasteiger partial charge in [-0.1, -0.05) is 13.8 Å². The van der Waals surface area contributed by atoms with Crippen molar-refractivity contribution < 1.29 is 23.8 Å². The van der Waals surface area contributed by atoms with Crippen LogP contribution in [-0.2, 0) is 14.3 Å². The molecular formula is C14H21FN4O5. The highest BCUT2D eigenvalue weighted by Gasteiger charge is 2.58. The van der Waals surface area contributed by atoms with Crippen molar-refractivity contribution in [2.45, 2.75) is 38.0 Å². The van der Waals surface area contributed by atoms with Gasteiger partial charge in [-0.2, -0.15) is 4.98 Å². The third-order valence-electron chi connectivity index (χ3n) is 3.89. The van der Waals surface area contributed by atoms with E-state index in [2.05, 4.69) is 4.98 Å². The molecule has 2 heterocycles. The minimum absolute atomic E-state index is 0.0281. The lowest BCUT2D eigenvalue weighted by Gasteiger charge is -2.31. The van der Waals surface area contributed by atoms with Crippen LogP contribution in [0.3, 0.4) is 0 Å². The molecule has 0 aromatic carbocycles. The highest BCUT2D eigenvalue weighted by Crippen LogP contribution is 2.40. The number of carbonyl (C=O) groups is 1. The number of ether oxygens (including phenoxy) is 2. The van der Waals surface area contributed by atoms with E-state index in [-0.39, 0.29) is 12.4 Å². The molecule has 0 amide bonds. The summed E-state index contributed by atoms with van der Waals surface area (Å²) >= 11 is 0. The highest BCUT2D eigenvalue weighted by molar-refractivity contribution is 5.71. The van der Waals surface area contributed by atoms with Gasteiger partial charge in [-0.15, -0.1) is 0 Å². The summed E-state index contributed by atoms with van der Waals surface area (Å²) in [6.07, 6.45) is -3.62. The smallest absolute Gasteiger partial charge is 0.351 e. The van der Waals surface area contributed by atoms with E-state index < -0.39 is 48.3 Å². The molecule has 1 aliphatic heterocycles. The zero-order valence-electron chi connectivity index (χ0n) is 13.4. The van der Waals surface area contributed by atoms with Gasteiger partial charge >= 0.3 is 11.7 Å². The van der Waals surface area contributed by atoms with Gasteiger partial charge in [-0.3, -0.25) is 9.36 Å². The second-order valence-corrected chi connectivity index (χ2v) is 5.93. The first-order valence-corrected chi connectivity index (χ1v) is 7.43. The number of hydrogen-bond donors (Lipinski definition) is 3. The molecule has 1 aromatic rings. The Bertz CT molecular complexity index is 661. The second kappa shape index (κ2) is 6.83. The Labute approximate surface area is 137 Å². The van der Waals surface area contributed by atoms with Gasteiger partial charge < -0.3 is 26.0 Å². The standard InChI is InChI=1S/C14H21FN4O5/c1-7(2)12(21)23-10-9(15)11(24-14(10,5-16)6-20)19-4-3-8(17)18-13(19)22/h3-4,7,9-11,20H,5-6,16H2,1-2H3,(H2,17,18,22)/t9-,10+,11-,14-/m1/s1. The van der Waals surface area contributed by atoms with Crippen molar-refractivity contribution in [1.29, 1.82) is 0 Å². The highest BCUT2D eigenvalue weighted by atomic mass is 19.1. The van der Waals surface area contributed by atoms with Crippen LogP contribution in [0.15, 0.2) is 17.1 Å². The van der Waals surface area contributed by atoms with Crippen molar-refractivity contribution in [3.05, 3.63) is 22.7 Å². The lowest BCUT2D eigenvalue weighted by atomic mass is 9.96. The quantitative estimate of drug-likeness (QED) is 0.574. The van der Waals surface area contributed by atoms with Crippen LogP contribution in [0, 0.1) is 5.92 Å². The Morgan fingerprint density at radius 2 is 2.29 bits per heavy atom. The first-order chi connectivity index (χ1) is 11.3. The molecule has 1 saturated heterocycles. The van der Waals surface area contributed by atoms with E-state index in [1.54, 1.807) is 13.8 Å². The molecule has 1 aliphatic rings. The van der Waals surface area contributed by atoms with Gasteiger partial charge in [0, 0.05) is 12.7 Å².